The van der Waals surface area contributed by atoms with E-state index in [1.807, 2.05) is 0 Å². The standard InChI is InChI=1S/C6H15OSi.3C4H9O.Zr/c1-4-8(7,5-2)6-3;3*1-3-4(2)5;/h4-6H2,1-3H3;3*4H,3H2,1-2H3;/q4*-1;+4. The van der Waals surface area contributed by atoms with Crippen molar-refractivity contribution in [2.24, 2.45) is 0 Å². The molecule has 0 fully saturated rings. The van der Waals surface area contributed by atoms with Gasteiger partial charge in [0.25, 0.3) is 0 Å². The van der Waals surface area contributed by atoms with Crippen LogP contribution in [0.15, 0.2) is 0 Å². The summed E-state index contributed by atoms with van der Waals surface area (Å²) >= 11 is -4.11. The SMILES string of the molecule is CCC(C)[O][Zr]([O]C(C)CC)([O]C(C)CC)[O][Si](CC)(CC)CC. The van der Waals surface area contributed by atoms with Crippen molar-refractivity contribution in [1.82, 2.24) is 0 Å². The minimum atomic E-state index is -4.11. The Morgan fingerprint density at radius 2 is 0.917 bits per heavy atom. The molecule has 0 saturated heterocycles. The summed E-state index contributed by atoms with van der Waals surface area (Å²) < 4.78 is 26.3. The molecule has 0 amide bonds. The van der Waals surface area contributed by atoms with E-state index in [2.05, 4.69) is 62.3 Å². The summed E-state index contributed by atoms with van der Waals surface area (Å²) in [4.78, 5) is 0. The first kappa shape index (κ1) is 24.9. The van der Waals surface area contributed by atoms with Crippen molar-refractivity contribution in [2.45, 2.75) is 118 Å². The van der Waals surface area contributed by atoms with Crippen molar-refractivity contribution in [1.29, 1.82) is 0 Å². The fourth-order valence-corrected chi connectivity index (χ4v) is 18.4. The molecule has 0 aromatic carbocycles. The van der Waals surface area contributed by atoms with Crippen LogP contribution >= 0.6 is 0 Å². The van der Waals surface area contributed by atoms with Gasteiger partial charge >= 0.3 is 159 Å². The second kappa shape index (κ2) is 12.3. The van der Waals surface area contributed by atoms with Gasteiger partial charge in [0.1, 0.15) is 0 Å². The zero-order chi connectivity index (χ0) is 18.8. The first-order valence-corrected chi connectivity index (χ1v) is 16.5. The predicted molar refractivity (Wildman–Crippen MR) is 101 cm³/mol. The summed E-state index contributed by atoms with van der Waals surface area (Å²) in [6.45, 7) is 19.4. The van der Waals surface area contributed by atoms with E-state index in [0.29, 0.717) is 0 Å². The normalized spacial score (nSPS) is 18.9. The average Bonchev–Trinajstić information content (AvgIpc) is 2.59. The van der Waals surface area contributed by atoms with E-state index in [0.717, 1.165) is 37.4 Å². The zero-order valence-electron chi connectivity index (χ0n) is 17.6. The van der Waals surface area contributed by atoms with E-state index in [1.165, 1.54) is 0 Å². The molecule has 0 aliphatic heterocycles. The Kier molecular flexibility index (Phi) is 12.8. The van der Waals surface area contributed by atoms with Crippen LogP contribution in [0.5, 0.6) is 0 Å². The Labute approximate surface area is 159 Å². The second-order valence-corrected chi connectivity index (χ2v) is 17.2. The summed E-state index contributed by atoms with van der Waals surface area (Å²) in [6.07, 6.45) is 3.13. The van der Waals surface area contributed by atoms with Crippen LogP contribution in [0.3, 0.4) is 0 Å². The summed E-state index contributed by atoms with van der Waals surface area (Å²) in [6, 6.07) is 3.24. The molecule has 0 aliphatic carbocycles. The number of hydrogen-bond acceptors (Lipinski definition) is 4. The third-order valence-corrected chi connectivity index (χ3v) is 19.7. The van der Waals surface area contributed by atoms with Crippen molar-refractivity contribution >= 4 is 8.32 Å². The summed E-state index contributed by atoms with van der Waals surface area (Å²) in [5, 5.41) is 0. The van der Waals surface area contributed by atoms with E-state index in [1.54, 1.807) is 0 Å². The van der Waals surface area contributed by atoms with Gasteiger partial charge in [-0.05, 0) is 0 Å². The van der Waals surface area contributed by atoms with Crippen LogP contribution in [0, 0.1) is 0 Å². The van der Waals surface area contributed by atoms with Gasteiger partial charge in [0.05, 0.1) is 0 Å². The molecule has 6 heteroatoms. The first-order valence-electron chi connectivity index (χ1n) is 9.99. The fraction of sp³-hybridized carbons (Fsp3) is 1.00. The molecule has 3 unspecified atom stereocenters. The zero-order valence-corrected chi connectivity index (χ0v) is 21.1. The summed E-state index contributed by atoms with van der Waals surface area (Å²) in [5.74, 6) is 0. The van der Waals surface area contributed by atoms with Gasteiger partial charge in [0, 0.05) is 0 Å². The molecule has 0 saturated carbocycles. The van der Waals surface area contributed by atoms with E-state index in [-0.39, 0.29) is 18.3 Å². The Morgan fingerprint density at radius 1 is 0.625 bits per heavy atom. The predicted octanol–water partition coefficient (Wildman–Crippen LogP) is 6.27. The van der Waals surface area contributed by atoms with Gasteiger partial charge in [-0.15, -0.1) is 0 Å². The van der Waals surface area contributed by atoms with Crippen molar-refractivity contribution in [2.75, 3.05) is 0 Å². The van der Waals surface area contributed by atoms with Gasteiger partial charge in [-0.25, -0.2) is 0 Å². The fourth-order valence-electron chi connectivity index (χ4n) is 2.38. The number of hydrogen-bond donors (Lipinski definition) is 0. The maximum absolute atomic E-state index is 6.87. The van der Waals surface area contributed by atoms with Crippen LogP contribution in [-0.2, 0) is 33.0 Å². The number of rotatable bonds is 14. The Hall–Kier alpha value is 0.940. The Balaban J connectivity index is 5.73. The second-order valence-electron chi connectivity index (χ2n) is 6.86. The van der Waals surface area contributed by atoms with E-state index >= 15 is 0 Å². The molecular formula is C18H42O4SiZr. The van der Waals surface area contributed by atoms with Crippen LogP contribution in [0.25, 0.3) is 0 Å². The molecule has 0 rings (SSSR count). The van der Waals surface area contributed by atoms with Crippen molar-refractivity contribution in [3.8, 4) is 0 Å². The summed E-state index contributed by atoms with van der Waals surface area (Å²) in [5.41, 5.74) is 0. The molecule has 0 N–H and O–H groups in total. The third-order valence-electron chi connectivity index (χ3n) is 5.04. The molecule has 146 valence electrons. The minimum absolute atomic E-state index is 0.103. The molecule has 24 heavy (non-hydrogen) atoms. The molecule has 0 aliphatic rings. The van der Waals surface area contributed by atoms with E-state index in [9.17, 15) is 0 Å². The maximum atomic E-state index is 6.87. The molecule has 0 radical (unpaired) electrons. The van der Waals surface area contributed by atoms with Gasteiger partial charge in [0.15, 0.2) is 0 Å². The first-order chi connectivity index (χ1) is 11.3. The molecule has 0 bridgehead atoms. The molecule has 0 aromatic heterocycles. The van der Waals surface area contributed by atoms with Crippen LogP contribution in [-0.4, -0.2) is 26.6 Å². The third kappa shape index (κ3) is 8.09. The van der Waals surface area contributed by atoms with Gasteiger partial charge < -0.3 is 0 Å². The molecule has 0 spiro atoms. The Morgan fingerprint density at radius 3 is 1.12 bits per heavy atom. The van der Waals surface area contributed by atoms with Gasteiger partial charge in [-0.2, -0.15) is 0 Å². The van der Waals surface area contributed by atoms with Crippen molar-refractivity contribution in [3.63, 3.8) is 0 Å². The van der Waals surface area contributed by atoms with Crippen molar-refractivity contribution in [3.05, 3.63) is 0 Å². The van der Waals surface area contributed by atoms with Crippen molar-refractivity contribution < 1.29 is 33.0 Å². The average molecular weight is 442 g/mol. The monoisotopic (exact) mass is 440 g/mol. The molecule has 4 nitrogen and oxygen atoms in total. The van der Waals surface area contributed by atoms with Crippen LogP contribution < -0.4 is 0 Å². The van der Waals surface area contributed by atoms with Gasteiger partial charge in [-0.3, -0.25) is 0 Å². The summed E-state index contributed by atoms with van der Waals surface area (Å²) in [7, 11) is -1.87. The van der Waals surface area contributed by atoms with E-state index < -0.39 is 30.3 Å². The quantitative estimate of drug-likeness (QED) is 0.298. The van der Waals surface area contributed by atoms with Crippen LogP contribution in [0.4, 0.5) is 0 Å². The topological polar surface area (TPSA) is 36.9 Å². The molecule has 0 heterocycles. The molecule has 3 atom stereocenters. The van der Waals surface area contributed by atoms with E-state index in [4.69, 9.17) is 10.9 Å². The molecular weight excluding hydrogens is 400 g/mol. The van der Waals surface area contributed by atoms with Crippen LogP contribution in [0.1, 0.15) is 81.6 Å². The van der Waals surface area contributed by atoms with Crippen LogP contribution in [0.2, 0.25) is 18.1 Å². The van der Waals surface area contributed by atoms with Gasteiger partial charge in [-0.1, -0.05) is 0 Å². The van der Waals surface area contributed by atoms with Gasteiger partial charge in [0.2, 0.25) is 0 Å². The molecule has 0 aromatic rings. The Bertz CT molecular complexity index is 287.